The fourth-order valence-electron chi connectivity index (χ4n) is 2.66. The summed E-state index contributed by atoms with van der Waals surface area (Å²) in [5.74, 6) is 0.327. The molecule has 1 amide bonds. The Morgan fingerprint density at radius 1 is 1.26 bits per heavy atom. The lowest BCUT2D eigenvalue weighted by Crippen LogP contribution is -2.16. The first-order chi connectivity index (χ1) is 12.9. The molecule has 0 aliphatic carbocycles. The fourth-order valence-corrected chi connectivity index (χ4v) is 3.73. The Labute approximate surface area is 159 Å². The van der Waals surface area contributed by atoms with Crippen LogP contribution in [0.3, 0.4) is 0 Å². The van der Waals surface area contributed by atoms with E-state index in [2.05, 4.69) is 4.99 Å². The van der Waals surface area contributed by atoms with Gasteiger partial charge in [-0.2, -0.15) is 4.99 Å². The molecule has 0 aliphatic rings. The second kappa shape index (κ2) is 7.71. The van der Waals surface area contributed by atoms with Crippen LogP contribution in [0.5, 0.6) is 5.75 Å². The van der Waals surface area contributed by atoms with Crippen molar-refractivity contribution in [1.29, 1.82) is 0 Å². The molecule has 0 N–H and O–H groups in total. The lowest BCUT2D eigenvalue weighted by atomic mass is 10.2. The van der Waals surface area contributed by atoms with Crippen LogP contribution in [0.1, 0.15) is 31.1 Å². The van der Waals surface area contributed by atoms with Crippen molar-refractivity contribution >= 4 is 33.1 Å². The first-order valence-electron chi connectivity index (χ1n) is 8.52. The quantitative estimate of drug-likeness (QED) is 0.487. The average Bonchev–Trinajstić information content (AvgIpc) is 2.97. The summed E-state index contributed by atoms with van der Waals surface area (Å²) in [5.41, 5.74) is 1.17. The summed E-state index contributed by atoms with van der Waals surface area (Å²) in [6, 6.07) is 11.5. The minimum Gasteiger partial charge on any atom is -0.491 e. The number of nitrogens with zero attached hydrogens (tertiary/aromatic N) is 3. The van der Waals surface area contributed by atoms with Gasteiger partial charge in [-0.1, -0.05) is 11.3 Å². The summed E-state index contributed by atoms with van der Waals surface area (Å²) in [6.07, 6.45) is 0.0577. The van der Waals surface area contributed by atoms with Crippen molar-refractivity contribution in [3.05, 3.63) is 62.9 Å². The van der Waals surface area contributed by atoms with Crippen LogP contribution in [0.4, 0.5) is 5.69 Å². The van der Waals surface area contributed by atoms with Gasteiger partial charge in [0.25, 0.3) is 11.6 Å². The molecule has 3 aromatic rings. The Morgan fingerprint density at radius 3 is 2.56 bits per heavy atom. The topological polar surface area (TPSA) is 86.7 Å². The molecule has 0 fully saturated rings. The lowest BCUT2D eigenvalue weighted by Gasteiger charge is -2.09. The van der Waals surface area contributed by atoms with Gasteiger partial charge in [-0.25, -0.2) is 0 Å². The predicted octanol–water partition coefficient (Wildman–Crippen LogP) is 4.16. The summed E-state index contributed by atoms with van der Waals surface area (Å²) < 4.78 is 8.22. The normalized spacial score (nSPS) is 11.9. The average molecular weight is 385 g/mol. The summed E-state index contributed by atoms with van der Waals surface area (Å²) in [5, 5.41) is 11.0. The fraction of sp³-hybridized carbons (Fsp3) is 0.263. The number of aryl methyl sites for hydroxylation is 1. The number of thiazole rings is 1. The van der Waals surface area contributed by atoms with E-state index in [1.165, 1.54) is 23.5 Å². The molecular formula is C19H19N3O4S. The monoisotopic (exact) mass is 385 g/mol. The van der Waals surface area contributed by atoms with Crippen LogP contribution in [0.2, 0.25) is 0 Å². The third-order valence-electron chi connectivity index (χ3n) is 3.86. The van der Waals surface area contributed by atoms with Crippen LogP contribution in [0.25, 0.3) is 10.2 Å². The van der Waals surface area contributed by atoms with Gasteiger partial charge in [-0.05, 0) is 51.1 Å². The third-order valence-corrected chi connectivity index (χ3v) is 4.92. The molecule has 3 rings (SSSR count). The number of carbonyl (C=O) groups excluding carboxylic acids is 1. The van der Waals surface area contributed by atoms with Gasteiger partial charge in [0.1, 0.15) is 5.75 Å². The maximum atomic E-state index is 12.5. The molecule has 1 heterocycles. The second-order valence-electron chi connectivity index (χ2n) is 6.15. The molecule has 0 unspecified atom stereocenters. The largest absolute Gasteiger partial charge is 0.491 e. The van der Waals surface area contributed by atoms with Gasteiger partial charge in [-0.15, -0.1) is 0 Å². The van der Waals surface area contributed by atoms with E-state index < -0.39 is 4.92 Å². The summed E-state index contributed by atoms with van der Waals surface area (Å²) in [4.78, 5) is 27.9. The van der Waals surface area contributed by atoms with Crippen molar-refractivity contribution in [3.63, 3.8) is 0 Å². The molecule has 2 aromatic carbocycles. The number of ether oxygens (including phenoxy) is 1. The number of non-ortho nitro benzene ring substituents is 1. The molecule has 0 atom stereocenters. The Morgan fingerprint density at radius 2 is 1.96 bits per heavy atom. The molecule has 27 heavy (non-hydrogen) atoms. The predicted molar refractivity (Wildman–Crippen MR) is 104 cm³/mol. The highest BCUT2D eigenvalue weighted by atomic mass is 32.1. The highest BCUT2D eigenvalue weighted by Gasteiger charge is 2.13. The Kier molecular flexibility index (Phi) is 5.36. The molecule has 140 valence electrons. The smallest absolute Gasteiger partial charge is 0.279 e. The highest BCUT2D eigenvalue weighted by Crippen LogP contribution is 2.23. The number of hydrogen-bond donors (Lipinski definition) is 0. The number of hydrogen-bond acceptors (Lipinski definition) is 5. The van der Waals surface area contributed by atoms with Crippen molar-refractivity contribution in [2.75, 3.05) is 0 Å². The Bertz CT molecular complexity index is 1060. The summed E-state index contributed by atoms with van der Waals surface area (Å²) >= 11 is 1.33. The molecule has 0 spiro atoms. The number of nitro benzene ring substituents is 1. The molecule has 0 radical (unpaired) electrons. The van der Waals surface area contributed by atoms with Gasteiger partial charge in [0.05, 0.1) is 21.2 Å². The van der Waals surface area contributed by atoms with Crippen LogP contribution in [-0.2, 0) is 6.54 Å². The zero-order valence-electron chi connectivity index (χ0n) is 15.2. The first kappa shape index (κ1) is 18.8. The van der Waals surface area contributed by atoms with E-state index in [1.54, 1.807) is 34.9 Å². The van der Waals surface area contributed by atoms with E-state index in [9.17, 15) is 14.9 Å². The number of aromatic nitrogens is 1. The zero-order valence-corrected chi connectivity index (χ0v) is 16.0. The maximum absolute atomic E-state index is 12.5. The molecule has 8 heteroatoms. The van der Waals surface area contributed by atoms with Gasteiger partial charge >= 0.3 is 0 Å². The van der Waals surface area contributed by atoms with Crippen LogP contribution in [0.15, 0.2) is 47.5 Å². The molecule has 0 saturated carbocycles. The standard InChI is InChI=1S/C19H19N3O4S/c1-4-21-16-11-14(22(24)25)7-10-17(16)27-19(21)20-18(23)13-5-8-15(9-6-13)26-12(2)3/h5-12H,4H2,1-3H3. The minimum absolute atomic E-state index is 0.0149. The van der Waals surface area contributed by atoms with Crippen molar-refractivity contribution in [3.8, 4) is 5.75 Å². The number of fused-ring (bicyclic) bond motifs is 1. The van der Waals surface area contributed by atoms with E-state index in [1.807, 2.05) is 20.8 Å². The minimum atomic E-state index is -0.431. The van der Waals surface area contributed by atoms with E-state index in [0.717, 1.165) is 4.70 Å². The number of amides is 1. The SMILES string of the molecule is CCn1c(=NC(=O)c2ccc(OC(C)C)cc2)sc2ccc([N+](=O)[O-])cc21. The lowest BCUT2D eigenvalue weighted by molar-refractivity contribution is -0.384. The molecule has 0 bridgehead atoms. The maximum Gasteiger partial charge on any atom is 0.279 e. The van der Waals surface area contributed by atoms with Crippen molar-refractivity contribution in [2.24, 2.45) is 4.99 Å². The van der Waals surface area contributed by atoms with E-state index in [-0.39, 0.29) is 17.7 Å². The third kappa shape index (κ3) is 4.06. The van der Waals surface area contributed by atoms with Crippen LogP contribution in [0, 0.1) is 10.1 Å². The van der Waals surface area contributed by atoms with Gasteiger partial charge in [0.15, 0.2) is 4.80 Å². The molecule has 0 aliphatic heterocycles. The number of rotatable bonds is 5. The molecule has 7 nitrogen and oxygen atoms in total. The number of benzene rings is 2. The zero-order chi connectivity index (χ0) is 19.6. The van der Waals surface area contributed by atoms with Crippen molar-refractivity contribution in [1.82, 2.24) is 4.57 Å². The Balaban J connectivity index is 1.99. The van der Waals surface area contributed by atoms with Gasteiger partial charge in [0, 0.05) is 24.2 Å². The molecular weight excluding hydrogens is 366 g/mol. The van der Waals surface area contributed by atoms with Crippen LogP contribution >= 0.6 is 11.3 Å². The van der Waals surface area contributed by atoms with E-state index >= 15 is 0 Å². The molecule has 1 aromatic heterocycles. The van der Waals surface area contributed by atoms with Gasteiger partial charge in [-0.3, -0.25) is 14.9 Å². The Hall–Kier alpha value is -3.00. The van der Waals surface area contributed by atoms with E-state index in [0.29, 0.717) is 28.2 Å². The van der Waals surface area contributed by atoms with Gasteiger partial charge < -0.3 is 9.30 Å². The summed E-state index contributed by atoms with van der Waals surface area (Å²) in [7, 11) is 0. The number of carbonyl (C=O) groups is 1. The van der Waals surface area contributed by atoms with Crippen molar-refractivity contribution in [2.45, 2.75) is 33.4 Å². The van der Waals surface area contributed by atoms with Crippen LogP contribution < -0.4 is 9.54 Å². The van der Waals surface area contributed by atoms with Crippen molar-refractivity contribution < 1.29 is 14.5 Å². The molecule has 0 saturated heterocycles. The second-order valence-corrected chi connectivity index (χ2v) is 7.16. The van der Waals surface area contributed by atoms with Crippen LogP contribution in [-0.4, -0.2) is 21.5 Å². The first-order valence-corrected chi connectivity index (χ1v) is 9.34. The summed E-state index contributed by atoms with van der Waals surface area (Å²) in [6.45, 7) is 6.33. The van der Waals surface area contributed by atoms with Gasteiger partial charge in [0.2, 0.25) is 0 Å². The highest BCUT2D eigenvalue weighted by molar-refractivity contribution is 7.16. The number of nitro groups is 1. The van der Waals surface area contributed by atoms with E-state index in [4.69, 9.17) is 4.74 Å².